The molecule has 0 aliphatic carbocycles. The molecule has 5 nitrogen and oxygen atoms in total. The zero-order valence-electron chi connectivity index (χ0n) is 13.8. The lowest BCUT2D eigenvalue weighted by Gasteiger charge is -2.20. The summed E-state index contributed by atoms with van der Waals surface area (Å²) in [6, 6.07) is 11.6. The first-order valence-corrected chi connectivity index (χ1v) is 7.75. The number of carbonyl (C=O) groups excluding carboxylic acids is 1. The van der Waals surface area contributed by atoms with E-state index < -0.39 is 0 Å². The number of rotatable bonds is 6. The maximum atomic E-state index is 11.9. The zero-order valence-corrected chi connectivity index (χ0v) is 13.8. The standard InChI is InChI=1S/C18H22N4O/c1-4-22(5-2)17-10-7-15(8-11-17)12-20-21-18(23)16-9-6-14(3)19-13-16/h6-13H,4-5H2,1-3H3,(H,21,23)/b20-12+. The molecule has 0 saturated heterocycles. The van der Waals surface area contributed by atoms with Crippen molar-refractivity contribution in [2.75, 3.05) is 18.0 Å². The minimum absolute atomic E-state index is 0.270. The van der Waals surface area contributed by atoms with Gasteiger partial charge in [0.15, 0.2) is 0 Å². The lowest BCUT2D eigenvalue weighted by atomic mass is 10.2. The maximum Gasteiger partial charge on any atom is 0.272 e. The topological polar surface area (TPSA) is 57.6 Å². The molecule has 0 aliphatic heterocycles. The first-order chi connectivity index (χ1) is 11.1. The normalized spacial score (nSPS) is 10.7. The van der Waals surface area contributed by atoms with E-state index in [-0.39, 0.29) is 5.91 Å². The molecule has 0 aliphatic rings. The van der Waals surface area contributed by atoms with Crippen LogP contribution in [-0.2, 0) is 0 Å². The molecule has 5 heteroatoms. The maximum absolute atomic E-state index is 11.9. The Bertz CT molecular complexity index is 658. The molecule has 2 aromatic rings. The monoisotopic (exact) mass is 310 g/mol. The number of aromatic nitrogens is 1. The first kappa shape index (κ1) is 16.7. The summed E-state index contributed by atoms with van der Waals surface area (Å²) in [5, 5.41) is 3.99. The second kappa shape index (κ2) is 8.08. The summed E-state index contributed by atoms with van der Waals surface area (Å²) in [7, 11) is 0. The van der Waals surface area contributed by atoms with Crippen molar-refractivity contribution in [3.8, 4) is 0 Å². The van der Waals surface area contributed by atoms with E-state index in [9.17, 15) is 4.79 Å². The van der Waals surface area contributed by atoms with E-state index in [0.29, 0.717) is 5.56 Å². The predicted octanol–water partition coefficient (Wildman–Crippen LogP) is 3.00. The molecule has 0 saturated carbocycles. The van der Waals surface area contributed by atoms with Gasteiger partial charge in [0.2, 0.25) is 0 Å². The Kier molecular flexibility index (Phi) is 5.86. The molecular formula is C18H22N4O. The van der Waals surface area contributed by atoms with E-state index in [4.69, 9.17) is 0 Å². The third kappa shape index (κ3) is 4.64. The Hall–Kier alpha value is -2.69. The van der Waals surface area contributed by atoms with Crippen LogP contribution in [0.1, 0.15) is 35.5 Å². The number of hydrogen-bond donors (Lipinski definition) is 1. The van der Waals surface area contributed by atoms with E-state index in [2.05, 4.69) is 46.4 Å². The molecule has 2 rings (SSSR count). The number of hydrazone groups is 1. The van der Waals surface area contributed by atoms with Crippen LogP contribution in [-0.4, -0.2) is 30.2 Å². The van der Waals surface area contributed by atoms with Gasteiger partial charge < -0.3 is 4.90 Å². The number of benzene rings is 1. The smallest absolute Gasteiger partial charge is 0.272 e. The molecule has 1 aromatic heterocycles. The fraction of sp³-hybridized carbons (Fsp3) is 0.278. The van der Waals surface area contributed by atoms with E-state index >= 15 is 0 Å². The number of nitrogens with zero attached hydrogens (tertiary/aromatic N) is 3. The second-order valence-electron chi connectivity index (χ2n) is 5.15. The van der Waals surface area contributed by atoms with Crippen LogP contribution in [0.25, 0.3) is 0 Å². The average Bonchev–Trinajstić information content (AvgIpc) is 2.58. The third-order valence-electron chi connectivity index (χ3n) is 3.57. The van der Waals surface area contributed by atoms with Gasteiger partial charge in [0.25, 0.3) is 5.91 Å². The molecule has 0 atom stereocenters. The molecule has 1 N–H and O–H groups in total. The van der Waals surface area contributed by atoms with Gasteiger partial charge in [0.05, 0.1) is 11.8 Å². The van der Waals surface area contributed by atoms with Gasteiger partial charge in [-0.25, -0.2) is 5.43 Å². The number of nitrogens with one attached hydrogen (secondary N) is 1. The summed E-state index contributed by atoms with van der Waals surface area (Å²) in [5.41, 5.74) is 5.99. The lowest BCUT2D eigenvalue weighted by Crippen LogP contribution is -2.21. The average molecular weight is 310 g/mol. The van der Waals surface area contributed by atoms with Crippen molar-refractivity contribution < 1.29 is 4.79 Å². The van der Waals surface area contributed by atoms with Crippen molar-refractivity contribution in [1.82, 2.24) is 10.4 Å². The molecule has 1 heterocycles. The minimum Gasteiger partial charge on any atom is -0.372 e. The molecule has 0 spiro atoms. The van der Waals surface area contributed by atoms with Crippen LogP contribution in [0.15, 0.2) is 47.7 Å². The lowest BCUT2D eigenvalue weighted by molar-refractivity contribution is 0.0955. The van der Waals surface area contributed by atoms with Crippen LogP contribution in [0.5, 0.6) is 0 Å². The van der Waals surface area contributed by atoms with Gasteiger partial charge in [-0.1, -0.05) is 12.1 Å². The van der Waals surface area contributed by atoms with E-state index in [1.54, 1.807) is 24.5 Å². The highest BCUT2D eigenvalue weighted by atomic mass is 16.2. The second-order valence-corrected chi connectivity index (χ2v) is 5.15. The molecule has 120 valence electrons. The minimum atomic E-state index is -0.270. The van der Waals surface area contributed by atoms with Crippen molar-refractivity contribution in [2.45, 2.75) is 20.8 Å². The highest BCUT2D eigenvalue weighted by Gasteiger charge is 2.04. The third-order valence-corrected chi connectivity index (χ3v) is 3.57. The van der Waals surface area contributed by atoms with Crippen LogP contribution in [0.2, 0.25) is 0 Å². The molecule has 0 unspecified atom stereocenters. The van der Waals surface area contributed by atoms with Crippen molar-refractivity contribution >= 4 is 17.8 Å². The fourth-order valence-electron chi connectivity index (χ4n) is 2.19. The Morgan fingerprint density at radius 1 is 1.17 bits per heavy atom. The van der Waals surface area contributed by atoms with Gasteiger partial charge in [-0.3, -0.25) is 9.78 Å². The fourth-order valence-corrected chi connectivity index (χ4v) is 2.19. The van der Waals surface area contributed by atoms with E-state index in [0.717, 1.165) is 24.3 Å². The van der Waals surface area contributed by atoms with Crippen molar-refractivity contribution in [3.63, 3.8) is 0 Å². The van der Waals surface area contributed by atoms with Crippen molar-refractivity contribution in [3.05, 3.63) is 59.4 Å². The number of carbonyl (C=O) groups is 1. The SMILES string of the molecule is CCN(CC)c1ccc(/C=N/NC(=O)c2ccc(C)nc2)cc1. The summed E-state index contributed by atoms with van der Waals surface area (Å²) in [4.78, 5) is 18.3. The molecule has 1 amide bonds. The molecule has 0 fully saturated rings. The Morgan fingerprint density at radius 3 is 2.43 bits per heavy atom. The van der Waals surface area contributed by atoms with Crippen LogP contribution >= 0.6 is 0 Å². The van der Waals surface area contributed by atoms with Gasteiger partial charge >= 0.3 is 0 Å². The zero-order chi connectivity index (χ0) is 16.7. The van der Waals surface area contributed by atoms with Gasteiger partial charge in [-0.2, -0.15) is 5.10 Å². The van der Waals surface area contributed by atoms with Crippen LogP contribution in [0, 0.1) is 6.92 Å². The number of aryl methyl sites for hydroxylation is 1. The van der Waals surface area contributed by atoms with Gasteiger partial charge in [-0.05, 0) is 50.6 Å². The van der Waals surface area contributed by atoms with Crippen LogP contribution in [0.3, 0.4) is 0 Å². The van der Waals surface area contributed by atoms with Crippen molar-refractivity contribution in [1.29, 1.82) is 0 Å². The molecular weight excluding hydrogens is 288 g/mol. The molecule has 23 heavy (non-hydrogen) atoms. The summed E-state index contributed by atoms with van der Waals surface area (Å²) < 4.78 is 0. The molecule has 1 aromatic carbocycles. The summed E-state index contributed by atoms with van der Waals surface area (Å²) in [6.45, 7) is 8.10. The summed E-state index contributed by atoms with van der Waals surface area (Å²) in [6.07, 6.45) is 3.17. The first-order valence-electron chi connectivity index (χ1n) is 7.75. The van der Waals surface area contributed by atoms with E-state index in [1.165, 1.54) is 5.69 Å². The number of hydrogen-bond acceptors (Lipinski definition) is 4. The van der Waals surface area contributed by atoms with E-state index in [1.807, 2.05) is 19.1 Å². The quantitative estimate of drug-likeness (QED) is 0.659. The number of pyridine rings is 1. The molecule has 0 radical (unpaired) electrons. The number of anilines is 1. The van der Waals surface area contributed by atoms with Crippen LogP contribution < -0.4 is 10.3 Å². The number of amides is 1. The van der Waals surface area contributed by atoms with Gasteiger partial charge in [0.1, 0.15) is 0 Å². The van der Waals surface area contributed by atoms with Gasteiger partial charge in [-0.15, -0.1) is 0 Å². The molecule has 0 bridgehead atoms. The summed E-state index contributed by atoms with van der Waals surface area (Å²) in [5.74, 6) is -0.270. The predicted molar refractivity (Wildman–Crippen MR) is 94.0 cm³/mol. The largest absolute Gasteiger partial charge is 0.372 e. The Labute approximate surface area is 137 Å². The highest BCUT2D eigenvalue weighted by molar-refractivity contribution is 5.94. The van der Waals surface area contributed by atoms with Crippen LogP contribution in [0.4, 0.5) is 5.69 Å². The Morgan fingerprint density at radius 2 is 1.87 bits per heavy atom. The van der Waals surface area contributed by atoms with Gasteiger partial charge in [0, 0.05) is 30.7 Å². The Balaban J connectivity index is 1.95. The summed E-state index contributed by atoms with van der Waals surface area (Å²) >= 11 is 0. The van der Waals surface area contributed by atoms with Crippen molar-refractivity contribution in [2.24, 2.45) is 5.10 Å². The highest BCUT2D eigenvalue weighted by Crippen LogP contribution is 2.13.